The molecule has 0 aromatic carbocycles. The summed E-state index contributed by atoms with van der Waals surface area (Å²) in [6.07, 6.45) is 0.338. The minimum absolute atomic E-state index is 0. The van der Waals surface area contributed by atoms with E-state index in [0.29, 0.717) is 0 Å². The minimum atomic E-state index is -1.46. The van der Waals surface area contributed by atoms with Crippen molar-refractivity contribution in [3.8, 4) is 0 Å². The predicted octanol–water partition coefficient (Wildman–Crippen LogP) is -3.77. The van der Waals surface area contributed by atoms with Gasteiger partial charge in [0.25, 0.3) is 0 Å². The fourth-order valence-corrected chi connectivity index (χ4v) is 1.09. The molecule has 0 fully saturated rings. The number of aliphatic hydroxyl groups is 4. The van der Waals surface area contributed by atoms with Gasteiger partial charge in [-0.1, -0.05) is 13.8 Å². The monoisotopic (exact) mass is 358 g/mol. The number of carboxylic acids is 2. The molecule has 120 valence electrons. The minimum Gasteiger partial charge on any atom is -0.549 e. The first kappa shape index (κ1) is 25.4. The number of carbonyl (C=O) groups excluding carboxylic acids is 2. The molecule has 0 heterocycles. The Labute approximate surface area is 136 Å². The number of carboxylic acid groups (broad SMARTS) is 2. The number of rotatable bonds is 8. The van der Waals surface area contributed by atoms with Gasteiger partial charge < -0.3 is 40.2 Å². The fraction of sp³-hybridized carbons (Fsp3) is 0.833. The van der Waals surface area contributed by atoms with Crippen molar-refractivity contribution in [2.45, 2.75) is 26.7 Å². The van der Waals surface area contributed by atoms with Crippen LogP contribution in [0.25, 0.3) is 0 Å². The van der Waals surface area contributed by atoms with Gasteiger partial charge in [0.05, 0.1) is 49.2 Å². The van der Waals surface area contributed by atoms with E-state index in [9.17, 15) is 19.8 Å². The summed E-state index contributed by atoms with van der Waals surface area (Å²) in [6, 6.07) is 0. The zero-order chi connectivity index (χ0) is 16.4. The Bertz CT molecular complexity index is 253. The molecule has 0 bridgehead atoms. The van der Waals surface area contributed by atoms with Crippen molar-refractivity contribution in [3.05, 3.63) is 0 Å². The zero-order valence-electron chi connectivity index (χ0n) is 12.4. The van der Waals surface area contributed by atoms with Gasteiger partial charge in [-0.25, -0.2) is 0 Å². The van der Waals surface area contributed by atoms with E-state index < -0.39 is 49.2 Å². The molecule has 21 heavy (non-hydrogen) atoms. The Kier molecular flexibility index (Phi) is 14.5. The van der Waals surface area contributed by atoms with Gasteiger partial charge in [-0.2, -0.15) is 0 Å². The second-order valence-electron chi connectivity index (χ2n) is 4.48. The van der Waals surface area contributed by atoms with Crippen LogP contribution in [0.5, 0.6) is 0 Å². The maximum atomic E-state index is 10.3. The molecule has 0 saturated carbocycles. The average molecular weight is 360 g/mol. The third-order valence-electron chi connectivity index (χ3n) is 3.43. The van der Waals surface area contributed by atoms with E-state index in [4.69, 9.17) is 20.4 Å². The smallest absolute Gasteiger partial charge is 0.549 e. The first-order valence-electron chi connectivity index (χ1n) is 6.12. The molecule has 0 aromatic rings. The molecule has 8 nitrogen and oxygen atoms in total. The van der Waals surface area contributed by atoms with Crippen LogP contribution in [0, 0.1) is 10.8 Å². The second kappa shape index (κ2) is 12.0. The first-order chi connectivity index (χ1) is 9.25. The van der Waals surface area contributed by atoms with E-state index in [0.717, 1.165) is 0 Å². The summed E-state index contributed by atoms with van der Waals surface area (Å²) >= 11 is 0. The van der Waals surface area contributed by atoms with Gasteiger partial charge in [0.2, 0.25) is 0 Å². The topological polar surface area (TPSA) is 161 Å². The van der Waals surface area contributed by atoms with E-state index in [1.165, 1.54) is 0 Å². The van der Waals surface area contributed by atoms with Crippen LogP contribution in [0.15, 0.2) is 0 Å². The SMILES string of the molecule is CCC(CO)(CO)C(=O)[O-].CCC(CO)(CO)C(=O)[O-].[Zn+2]. The maximum Gasteiger partial charge on any atom is 2.00 e. The molecule has 0 rings (SSSR count). The van der Waals surface area contributed by atoms with Crippen LogP contribution in [0.3, 0.4) is 0 Å². The summed E-state index contributed by atoms with van der Waals surface area (Å²) < 4.78 is 0. The summed E-state index contributed by atoms with van der Waals surface area (Å²) in [5, 5.41) is 54.8. The predicted molar refractivity (Wildman–Crippen MR) is 63.8 cm³/mol. The second-order valence-corrected chi connectivity index (χ2v) is 4.48. The average Bonchev–Trinajstić information content (AvgIpc) is 2.44. The van der Waals surface area contributed by atoms with Crippen LogP contribution in [0.2, 0.25) is 0 Å². The van der Waals surface area contributed by atoms with E-state index in [2.05, 4.69) is 0 Å². The summed E-state index contributed by atoms with van der Waals surface area (Å²) in [6.45, 7) is 0.819. The van der Waals surface area contributed by atoms with Crippen LogP contribution in [0.4, 0.5) is 0 Å². The van der Waals surface area contributed by atoms with E-state index in [1.54, 1.807) is 13.8 Å². The van der Waals surface area contributed by atoms with Gasteiger partial charge in [-0.05, 0) is 12.8 Å². The molecule has 0 radical (unpaired) electrons. The zero-order valence-corrected chi connectivity index (χ0v) is 15.3. The summed E-state index contributed by atoms with van der Waals surface area (Å²) in [7, 11) is 0. The Morgan fingerprint density at radius 3 is 0.952 bits per heavy atom. The van der Waals surface area contributed by atoms with Crippen molar-refractivity contribution in [3.63, 3.8) is 0 Å². The number of hydrogen-bond donors (Lipinski definition) is 4. The molecule has 0 atom stereocenters. The van der Waals surface area contributed by atoms with Gasteiger partial charge in [-0.3, -0.25) is 0 Å². The van der Waals surface area contributed by atoms with Crippen LogP contribution in [-0.2, 0) is 29.1 Å². The standard InChI is InChI=1S/2C6H12O4.Zn/c2*1-2-6(3-7,4-8)5(9)10;/h2*7-8H,2-4H2,1H3,(H,9,10);/q;;+2/p-2. The quantitative estimate of drug-likeness (QED) is 0.321. The number of aliphatic carboxylic acids is 2. The van der Waals surface area contributed by atoms with Gasteiger partial charge in [0.15, 0.2) is 0 Å². The normalized spacial score (nSPS) is 11.0. The van der Waals surface area contributed by atoms with Crippen molar-refractivity contribution in [2.24, 2.45) is 10.8 Å². The van der Waals surface area contributed by atoms with Crippen molar-refractivity contribution in [1.82, 2.24) is 0 Å². The van der Waals surface area contributed by atoms with Crippen LogP contribution in [-0.4, -0.2) is 58.8 Å². The molecule has 0 aliphatic rings. The molecule has 0 unspecified atom stereocenters. The molecular formula is C12H22O8Zn. The van der Waals surface area contributed by atoms with Crippen molar-refractivity contribution < 1.29 is 59.7 Å². The Morgan fingerprint density at radius 1 is 0.762 bits per heavy atom. The Morgan fingerprint density at radius 2 is 0.952 bits per heavy atom. The first-order valence-corrected chi connectivity index (χ1v) is 6.12. The number of carbonyl (C=O) groups is 2. The molecule has 0 amide bonds. The molecule has 0 spiro atoms. The largest absolute Gasteiger partial charge is 2.00 e. The molecule has 9 heteroatoms. The van der Waals surface area contributed by atoms with Crippen molar-refractivity contribution in [2.75, 3.05) is 26.4 Å². The van der Waals surface area contributed by atoms with Gasteiger partial charge >= 0.3 is 19.5 Å². The third kappa shape index (κ3) is 6.80. The van der Waals surface area contributed by atoms with Gasteiger partial charge in [-0.15, -0.1) is 0 Å². The third-order valence-corrected chi connectivity index (χ3v) is 3.43. The van der Waals surface area contributed by atoms with Crippen molar-refractivity contribution >= 4 is 11.9 Å². The number of hydrogen-bond acceptors (Lipinski definition) is 8. The Hall–Kier alpha value is -0.597. The fourth-order valence-electron chi connectivity index (χ4n) is 1.09. The van der Waals surface area contributed by atoms with Crippen LogP contribution < -0.4 is 10.2 Å². The van der Waals surface area contributed by atoms with Gasteiger partial charge in [0.1, 0.15) is 0 Å². The molecule has 0 aliphatic heterocycles. The summed E-state index contributed by atoms with van der Waals surface area (Å²) in [4.78, 5) is 20.6. The molecule has 4 N–H and O–H groups in total. The van der Waals surface area contributed by atoms with E-state index in [1.807, 2.05) is 0 Å². The number of aliphatic hydroxyl groups excluding tert-OH is 4. The molecule has 0 aromatic heterocycles. The maximum absolute atomic E-state index is 10.3. The Balaban J connectivity index is -0.000000295. The molecule has 0 saturated heterocycles. The summed E-state index contributed by atoms with van der Waals surface area (Å²) in [5.41, 5.74) is -2.92. The van der Waals surface area contributed by atoms with Gasteiger partial charge in [0, 0.05) is 0 Å². The van der Waals surface area contributed by atoms with Crippen LogP contribution >= 0.6 is 0 Å². The van der Waals surface area contributed by atoms with E-state index >= 15 is 0 Å². The molecular weight excluding hydrogens is 338 g/mol. The van der Waals surface area contributed by atoms with Crippen molar-refractivity contribution in [1.29, 1.82) is 0 Å². The summed E-state index contributed by atoms with van der Waals surface area (Å²) in [5.74, 6) is -2.81. The van der Waals surface area contributed by atoms with Crippen LogP contribution in [0.1, 0.15) is 26.7 Å². The molecule has 0 aliphatic carbocycles. The van der Waals surface area contributed by atoms with E-state index in [-0.39, 0.29) is 32.3 Å².